The number of hydrazine groups is 1. The summed E-state index contributed by atoms with van der Waals surface area (Å²) >= 11 is 0. The molecule has 1 aliphatic heterocycles. The molecule has 4 N–H and O–H groups in total. The van der Waals surface area contributed by atoms with Gasteiger partial charge in [0.15, 0.2) is 11.6 Å². The maximum Gasteiger partial charge on any atom is 0.333 e. The summed E-state index contributed by atoms with van der Waals surface area (Å²) in [4.78, 5) is 16.7. The molecule has 0 spiro atoms. The maximum absolute atomic E-state index is 15.0. The molecule has 5 aliphatic rings. The van der Waals surface area contributed by atoms with Crippen LogP contribution in [0.15, 0.2) is 48.9 Å². The van der Waals surface area contributed by atoms with Crippen LogP contribution in [-0.4, -0.2) is 32.8 Å². The molecule has 4 bridgehead atoms. The number of aliphatic hydroxyl groups is 1. The quantitative estimate of drug-likeness (QED) is 0.328. The van der Waals surface area contributed by atoms with Crippen molar-refractivity contribution in [3.05, 3.63) is 71.9 Å². The first-order valence-corrected chi connectivity index (χ1v) is 13.6. The fraction of sp³-hybridized carbons (Fsp3) is 0.448. The molecule has 1 aromatic heterocycles. The van der Waals surface area contributed by atoms with Crippen LogP contribution in [0.3, 0.4) is 0 Å². The second-order valence-electron chi connectivity index (χ2n) is 11.9. The average Bonchev–Trinajstić information content (AvgIpc) is 3.48. The normalized spacial score (nSPS) is 30.6. The lowest BCUT2D eigenvalue weighted by atomic mass is 9.46. The SMILES string of the molecule is O=C(NNC1C2CC3CC1CC(C(O)CC1c4c(F)cccc4-c4cncn41)(C3)C2)Nc1ccc(F)c(F)c1. The number of amides is 2. The van der Waals surface area contributed by atoms with Gasteiger partial charge in [0.25, 0.3) is 0 Å². The molecule has 2 aromatic carbocycles. The minimum absolute atomic E-state index is 0.0579. The lowest BCUT2D eigenvalue weighted by Gasteiger charge is -2.61. The number of halogens is 3. The van der Waals surface area contributed by atoms with Crippen molar-refractivity contribution >= 4 is 11.7 Å². The Morgan fingerprint density at radius 2 is 1.87 bits per heavy atom. The molecule has 10 heteroatoms. The molecule has 204 valence electrons. The number of carbonyl (C=O) groups excluding carboxylic acids is 1. The highest BCUT2D eigenvalue weighted by Crippen LogP contribution is 2.62. The van der Waals surface area contributed by atoms with Crippen molar-refractivity contribution in [3.8, 4) is 11.3 Å². The van der Waals surface area contributed by atoms with E-state index in [2.05, 4.69) is 21.2 Å². The van der Waals surface area contributed by atoms with Crippen LogP contribution in [0, 0.1) is 40.6 Å². The van der Waals surface area contributed by atoms with Crippen LogP contribution in [-0.2, 0) is 0 Å². The van der Waals surface area contributed by atoms with Crippen LogP contribution in [0.2, 0.25) is 0 Å². The summed E-state index contributed by atoms with van der Waals surface area (Å²) in [5, 5.41) is 14.3. The van der Waals surface area contributed by atoms with E-state index >= 15 is 0 Å². The summed E-state index contributed by atoms with van der Waals surface area (Å²) in [6.07, 6.45) is 8.00. The summed E-state index contributed by atoms with van der Waals surface area (Å²) in [6.45, 7) is 0. The van der Waals surface area contributed by atoms with Gasteiger partial charge in [-0.3, -0.25) is 5.43 Å². The van der Waals surface area contributed by atoms with Gasteiger partial charge in [-0.2, -0.15) is 0 Å². The first kappa shape index (κ1) is 24.7. The third-order valence-electron chi connectivity index (χ3n) is 9.67. The minimum Gasteiger partial charge on any atom is -0.392 e. The molecular formula is C29H30F3N5O2. The Balaban J connectivity index is 1.04. The molecule has 8 rings (SSSR count). The van der Waals surface area contributed by atoms with Crippen LogP contribution in [0.5, 0.6) is 0 Å². The highest BCUT2D eigenvalue weighted by molar-refractivity contribution is 5.88. The highest BCUT2D eigenvalue weighted by Gasteiger charge is 2.58. The van der Waals surface area contributed by atoms with Crippen LogP contribution in [0.1, 0.15) is 50.1 Å². The molecule has 4 saturated carbocycles. The van der Waals surface area contributed by atoms with Crippen molar-refractivity contribution in [2.45, 2.75) is 56.7 Å². The molecule has 39 heavy (non-hydrogen) atoms. The Kier molecular flexibility index (Phi) is 5.75. The predicted molar refractivity (Wildman–Crippen MR) is 138 cm³/mol. The molecule has 3 aromatic rings. The minimum atomic E-state index is -1.03. The Labute approximate surface area is 223 Å². The van der Waals surface area contributed by atoms with Crippen LogP contribution in [0.25, 0.3) is 11.3 Å². The number of hydrogen-bond donors (Lipinski definition) is 4. The van der Waals surface area contributed by atoms with Gasteiger partial charge < -0.3 is 15.0 Å². The van der Waals surface area contributed by atoms with E-state index in [1.807, 2.05) is 10.6 Å². The van der Waals surface area contributed by atoms with Crippen LogP contribution < -0.4 is 16.2 Å². The van der Waals surface area contributed by atoms with Gasteiger partial charge in [-0.25, -0.2) is 28.4 Å². The summed E-state index contributed by atoms with van der Waals surface area (Å²) < 4.78 is 43.6. The number of benzene rings is 2. The molecule has 4 fully saturated rings. The smallest absolute Gasteiger partial charge is 0.333 e. The zero-order chi connectivity index (χ0) is 26.9. The van der Waals surface area contributed by atoms with Gasteiger partial charge in [-0.15, -0.1) is 0 Å². The molecule has 4 aliphatic carbocycles. The molecule has 2 heterocycles. The van der Waals surface area contributed by atoms with Gasteiger partial charge in [0.2, 0.25) is 0 Å². The number of hydrogen-bond acceptors (Lipinski definition) is 4. The van der Waals surface area contributed by atoms with Crippen LogP contribution >= 0.6 is 0 Å². The largest absolute Gasteiger partial charge is 0.392 e. The first-order valence-electron chi connectivity index (χ1n) is 13.6. The molecule has 7 nitrogen and oxygen atoms in total. The number of carbonyl (C=O) groups is 1. The zero-order valence-corrected chi connectivity index (χ0v) is 21.2. The van der Waals surface area contributed by atoms with Gasteiger partial charge in [-0.1, -0.05) is 12.1 Å². The number of urea groups is 1. The number of aliphatic hydroxyl groups excluding tert-OH is 1. The number of imidazole rings is 1. The van der Waals surface area contributed by atoms with E-state index in [9.17, 15) is 23.1 Å². The van der Waals surface area contributed by atoms with Gasteiger partial charge in [0.1, 0.15) is 5.82 Å². The number of fused-ring (bicyclic) bond motifs is 3. The monoisotopic (exact) mass is 537 g/mol. The Hall–Kier alpha value is -3.37. The zero-order valence-electron chi connectivity index (χ0n) is 21.2. The second-order valence-corrected chi connectivity index (χ2v) is 11.9. The fourth-order valence-electron chi connectivity index (χ4n) is 8.31. The van der Waals surface area contributed by atoms with E-state index in [4.69, 9.17) is 0 Å². The third kappa shape index (κ3) is 4.03. The molecule has 2 amide bonds. The van der Waals surface area contributed by atoms with Gasteiger partial charge >= 0.3 is 6.03 Å². The molecule has 0 saturated heterocycles. The lowest BCUT2D eigenvalue weighted by Crippen LogP contribution is -2.63. The first-order chi connectivity index (χ1) is 18.8. The number of nitrogens with zero attached hydrogens (tertiary/aromatic N) is 2. The molecule has 4 unspecified atom stereocenters. The number of rotatable bonds is 6. The summed E-state index contributed by atoms with van der Waals surface area (Å²) in [5.41, 5.74) is 8.16. The van der Waals surface area contributed by atoms with Crippen molar-refractivity contribution < 1.29 is 23.1 Å². The van der Waals surface area contributed by atoms with E-state index in [0.29, 0.717) is 17.9 Å². The number of anilines is 1. The summed E-state index contributed by atoms with van der Waals surface area (Å²) in [6, 6.07) is 7.51. The van der Waals surface area contributed by atoms with Gasteiger partial charge in [0, 0.05) is 28.9 Å². The van der Waals surface area contributed by atoms with Crippen molar-refractivity contribution in [1.29, 1.82) is 0 Å². The molecular weight excluding hydrogens is 507 g/mol. The van der Waals surface area contributed by atoms with Gasteiger partial charge in [-0.05, 0) is 79.9 Å². The summed E-state index contributed by atoms with van der Waals surface area (Å²) in [5.74, 6) is -1.18. The van der Waals surface area contributed by atoms with Gasteiger partial charge in [0.05, 0.1) is 30.4 Å². The van der Waals surface area contributed by atoms with Crippen molar-refractivity contribution in [1.82, 2.24) is 20.4 Å². The maximum atomic E-state index is 15.0. The predicted octanol–water partition coefficient (Wildman–Crippen LogP) is 5.14. The lowest BCUT2D eigenvalue weighted by molar-refractivity contribution is -0.139. The Morgan fingerprint density at radius 3 is 2.64 bits per heavy atom. The van der Waals surface area contributed by atoms with E-state index in [0.717, 1.165) is 55.5 Å². The Bertz CT molecular complexity index is 1430. The highest BCUT2D eigenvalue weighted by atomic mass is 19.2. The van der Waals surface area contributed by atoms with Crippen molar-refractivity contribution in [2.75, 3.05) is 5.32 Å². The number of nitrogens with one attached hydrogen (secondary N) is 3. The standard InChI is InChI=1S/C29H30F3N5O2/c30-20-5-4-18(8-22(20)32)34-28(39)36-35-27-16-6-15-7-17(27)12-29(10-15,11-16)25(38)9-23-26-19(2-1-3-21(26)31)24-13-33-14-37(23)24/h1-5,8,13-17,23,25,27,35,38H,6-7,9-12H2,(H2,34,36,39). The fourth-order valence-corrected chi connectivity index (χ4v) is 8.31. The van der Waals surface area contributed by atoms with E-state index in [1.165, 1.54) is 12.1 Å². The molecule has 0 radical (unpaired) electrons. The van der Waals surface area contributed by atoms with Crippen molar-refractivity contribution in [2.24, 2.45) is 23.2 Å². The Morgan fingerprint density at radius 1 is 1.08 bits per heavy atom. The van der Waals surface area contributed by atoms with Crippen molar-refractivity contribution in [3.63, 3.8) is 0 Å². The number of aromatic nitrogens is 2. The third-order valence-corrected chi connectivity index (χ3v) is 9.67. The van der Waals surface area contributed by atoms with Crippen LogP contribution in [0.4, 0.5) is 23.7 Å². The van der Waals surface area contributed by atoms with E-state index in [1.54, 1.807) is 18.6 Å². The molecule has 4 atom stereocenters. The van der Waals surface area contributed by atoms with E-state index < -0.39 is 23.8 Å². The topological polar surface area (TPSA) is 91.2 Å². The van der Waals surface area contributed by atoms with E-state index in [-0.39, 0.29) is 40.8 Å². The average molecular weight is 538 g/mol. The summed E-state index contributed by atoms with van der Waals surface area (Å²) in [7, 11) is 0. The second kappa shape index (κ2) is 9.09.